The number of fused-ring (bicyclic) bond motifs is 1. The third kappa shape index (κ3) is 3.37. The molecular weight excluding hydrogens is 362 g/mol. The standard InChI is InChI=1S/C24H35N3O2/c1-17(2)14-26-15-23(24(16-26)7-10-25-22(24)29)8-11-27(12-9-23)21(28)20-6-5-18(3)19(4)13-20/h5-6,13,17H,7-12,14-16H2,1-4H3,(H,25,29)/t24-/m1/s1. The van der Waals surface area contributed by atoms with Crippen LogP contribution >= 0.6 is 0 Å². The number of hydrogen-bond donors (Lipinski definition) is 1. The van der Waals surface area contributed by atoms with Crippen molar-refractivity contribution in [3.8, 4) is 0 Å². The second-order valence-corrected chi connectivity index (χ2v) is 10.0. The average molecular weight is 398 g/mol. The molecule has 29 heavy (non-hydrogen) atoms. The Bertz CT molecular complexity index is 810. The van der Waals surface area contributed by atoms with Crippen molar-refractivity contribution in [1.29, 1.82) is 0 Å². The number of benzene rings is 1. The third-order valence-corrected chi connectivity index (χ3v) is 7.69. The Morgan fingerprint density at radius 3 is 2.41 bits per heavy atom. The van der Waals surface area contributed by atoms with Gasteiger partial charge in [-0.2, -0.15) is 0 Å². The van der Waals surface area contributed by atoms with Gasteiger partial charge in [0.15, 0.2) is 0 Å². The molecule has 0 radical (unpaired) electrons. The average Bonchev–Trinajstić information content (AvgIpc) is 3.18. The van der Waals surface area contributed by atoms with Gasteiger partial charge in [-0.1, -0.05) is 19.9 Å². The van der Waals surface area contributed by atoms with Crippen molar-refractivity contribution >= 4 is 11.8 Å². The Morgan fingerprint density at radius 1 is 1.10 bits per heavy atom. The number of carbonyl (C=O) groups excluding carboxylic acids is 2. The predicted octanol–water partition coefficient (Wildman–Crippen LogP) is 3.00. The molecule has 0 unspecified atom stereocenters. The van der Waals surface area contributed by atoms with E-state index in [4.69, 9.17) is 0 Å². The molecule has 1 atom stereocenters. The molecule has 3 fully saturated rings. The summed E-state index contributed by atoms with van der Waals surface area (Å²) in [4.78, 5) is 30.6. The highest BCUT2D eigenvalue weighted by Gasteiger charge is 2.63. The van der Waals surface area contributed by atoms with Gasteiger partial charge in [0.1, 0.15) is 0 Å². The Hall–Kier alpha value is -1.88. The Balaban J connectivity index is 1.52. The number of piperidine rings is 1. The van der Waals surface area contributed by atoms with Crippen LogP contribution in [0.3, 0.4) is 0 Å². The number of likely N-dealkylation sites (tertiary alicyclic amines) is 2. The molecule has 0 aliphatic carbocycles. The first kappa shape index (κ1) is 20.4. The summed E-state index contributed by atoms with van der Waals surface area (Å²) in [7, 11) is 0. The first-order valence-corrected chi connectivity index (χ1v) is 11.1. The highest BCUT2D eigenvalue weighted by molar-refractivity contribution is 5.94. The summed E-state index contributed by atoms with van der Waals surface area (Å²) < 4.78 is 0. The van der Waals surface area contributed by atoms with E-state index in [0.29, 0.717) is 5.92 Å². The van der Waals surface area contributed by atoms with Crippen LogP contribution in [0.15, 0.2) is 18.2 Å². The molecule has 1 aromatic carbocycles. The van der Waals surface area contributed by atoms with E-state index in [2.05, 4.69) is 37.9 Å². The van der Waals surface area contributed by atoms with Crippen LogP contribution in [-0.4, -0.2) is 60.9 Å². The van der Waals surface area contributed by atoms with Crippen LogP contribution in [0.4, 0.5) is 0 Å². The molecule has 158 valence electrons. The van der Waals surface area contributed by atoms with Gasteiger partial charge in [0.2, 0.25) is 5.91 Å². The maximum absolute atomic E-state index is 13.1. The van der Waals surface area contributed by atoms with Gasteiger partial charge in [0, 0.05) is 50.2 Å². The highest BCUT2D eigenvalue weighted by atomic mass is 16.2. The van der Waals surface area contributed by atoms with Gasteiger partial charge >= 0.3 is 0 Å². The number of carbonyl (C=O) groups is 2. The van der Waals surface area contributed by atoms with E-state index in [-0.39, 0.29) is 22.6 Å². The minimum absolute atomic E-state index is 0.00243. The van der Waals surface area contributed by atoms with Gasteiger partial charge in [0.05, 0.1) is 5.41 Å². The first-order valence-electron chi connectivity index (χ1n) is 11.1. The summed E-state index contributed by atoms with van der Waals surface area (Å²) in [5.74, 6) is 0.973. The fourth-order valence-corrected chi connectivity index (χ4v) is 5.99. The smallest absolute Gasteiger partial charge is 0.253 e. The van der Waals surface area contributed by atoms with Crippen LogP contribution in [0.1, 0.15) is 54.6 Å². The lowest BCUT2D eigenvalue weighted by Gasteiger charge is -2.46. The van der Waals surface area contributed by atoms with E-state index in [1.807, 2.05) is 23.1 Å². The molecule has 5 nitrogen and oxygen atoms in total. The van der Waals surface area contributed by atoms with Crippen molar-refractivity contribution in [2.24, 2.45) is 16.7 Å². The second-order valence-electron chi connectivity index (χ2n) is 10.0. The summed E-state index contributed by atoms with van der Waals surface area (Å²) in [5.41, 5.74) is 2.89. The Morgan fingerprint density at radius 2 is 1.83 bits per heavy atom. The molecule has 0 aromatic heterocycles. The minimum Gasteiger partial charge on any atom is -0.356 e. The Labute approximate surface area is 174 Å². The molecule has 2 spiro atoms. The van der Waals surface area contributed by atoms with E-state index in [9.17, 15) is 9.59 Å². The molecule has 3 aliphatic heterocycles. The van der Waals surface area contributed by atoms with Gasteiger partial charge in [0.25, 0.3) is 5.91 Å². The van der Waals surface area contributed by atoms with E-state index >= 15 is 0 Å². The second kappa shape index (κ2) is 7.42. The lowest BCUT2D eigenvalue weighted by molar-refractivity contribution is -0.133. The zero-order valence-electron chi connectivity index (χ0n) is 18.4. The Kier molecular flexibility index (Phi) is 5.22. The topological polar surface area (TPSA) is 52.7 Å². The molecule has 3 heterocycles. The lowest BCUT2D eigenvalue weighted by Crippen LogP contribution is -2.53. The van der Waals surface area contributed by atoms with Crippen molar-refractivity contribution in [2.45, 2.75) is 47.0 Å². The van der Waals surface area contributed by atoms with E-state index in [1.54, 1.807) is 0 Å². The van der Waals surface area contributed by atoms with Crippen molar-refractivity contribution in [3.63, 3.8) is 0 Å². The van der Waals surface area contributed by atoms with E-state index in [0.717, 1.165) is 69.7 Å². The SMILES string of the molecule is Cc1ccc(C(=O)N2CCC3(CC2)CN(CC(C)C)C[C@@]32CCNC2=O)cc1C. The zero-order chi connectivity index (χ0) is 20.8. The number of hydrogen-bond acceptors (Lipinski definition) is 3. The van der Waals surface area contributed by atoms with Crippen LogP contribution < -0.4 is 5.32 Å². The molecule has 4 rings (SSSR count). The molecule has 1 aromatic rings. The van der Waals surface area contributed by atoms with Gasteiger partial charge < -0.3 is 15.1 Å². The number of rotatable bonds is 3. The quantitative estimate of drug-likeness (QED) is 0.853. The zero-order valence-corrected chi connectivity index (χ0v) is 18.4. The summed E-state index contributed by atoms with van der Waals surface area (Å²) in [6.45, 7) is 13.8. The van der Waals surface area contributed by atoms with Crippen molar-refractivity contribution in [2.75, 3.05) is 39.3 Å². The molecule has 0 saturated carbocycles. The molecule has 3 saturated heterocycles. The lowest BCUT2D eigenvalue weighted by atomic mass is 9.60. The maximum atomic E-state index is 13.1. The molecule has 5 heteroatoms. The summed E-state index contributed by atoms with van der Waals surface area (Å²) in [5, 5.41) is 3.12. The van der Waals surface area contributed by atoms with Crippen LogP contribution in [0.25, 0.3) is 0 Å². The van der Waals surface area contributed by atoms with Crippen LogP contribution in [-0.2, 0) is 4.79 Å². The maximum Gasteiger partial charge on any atom is 0.253 e. The molecule has 1 N–H and O–H groups in total. The number of aryl methyl sites for hydroxylation is 2. The molecular formula is C24H35N3O2. The number of amides is 2. The van der Waals surface area contributed by atoms with Crippen LogP contribution in [0.2, 0.25) is 0 Å². The largest absolute Gasteiger partial charge is 0.356 e. The van der Waals surface area contributed by atoms with Gasteiger partial charge in [-0.3, -0.25) is 9.59 Å². The van der Waals surface area contributed by atoms with Crippen molar-refractivity contribution in [3.05, 3.63) is 34.9 Å². The monoisotopic (exact) mass is 397 g/mol. The number of nitrogens with one attached hydrogen (secondary N) is 1. The van der Waals surface area contributed by atoms with Gasteiger partial charge in [-0.25, -0.2) is 0 Å². The van der Waals surface area contributed by atoms with E-state index in [1.165, 1.54) is 5.56 Å². The van der Waals surface area contributed by atoms with Crippen LogP contribution in [0, 0.1) is 30.6 Å². The van der Waals surface area contributed by atoms with E-state index < -0.39 is 0 Å². The highest BCUT2D eigenvalue weighted by Crippen LogP contribution is 2.56. The summed E-state index contributed by atoms with van der Waals surface area (Å²) in [6, 6.07) is 5.99. The molecule has 0 bridgehead atoms. The summed E-state index contributed by atoms with van der Waals surface area (Å²) in [6.07, 6.45) is 2.78. The fourth-order valence-electron chi connectivity index (χ4n) is 5.99. The normalized spacial score (nSPS) is 26.7. The van der Waals surface area contributed by atoms with Gasteiger partial charge in [-0.15, -0.1) is 0 Å². The summed E-state index contributed by atoms with van der Waals surface area (Å²) >= 11 is 0. The van der Waals surface area contributed by atoms with Crippen LogP contribution in [0.5, 0.6) is 0 Å². The third-order valence-electron chi connectivity index (χ3n) is 7.69. The fraction of sp³-hybridized carbons (Fsp3) is 0.667. The van der Waals surface area contributed by atoms with Gasteiger partial charge in [-0.05, 0) is 62.3 Å². The predicted molar refractivity (Wildman–Crippen MR) is 115 cm³/mol. The number of nitrogens with zero attached hydrogens (tertiary/aromatic N) is 2. The van der Waals surface area contributed by atoms with Crippen molar-refractivity contribution < 1.29 is 9.59 Å². The molecule has 3 aliphatic rings. The molecule has 2 amide bonds. The minimum atomic E-state index is -0.266. The first-order chi connectivity index (χ1) is 13.8. The van der Waals surface area contributed by atoms with Crippen molar-refractivity contribution in [1.82, 2.24) is 15.1 Å².